The van der Waals surface area contributed by atoms with E-state index in [1.54, 1.807) is 16.8 Å². The number of halogens is 1. The van der Waals surface area contributed by atoms with Crippen LogP contribution in [0.5, 0.6) is 0 Å². The van der Waals surface area contributed by atoms with Crippen LogP contribution in [-0.4, -0.2) is 26.2 Å². The lowest BCUT2D eigenvalue weighted by molar-refractivity contribution is -0.152. The van der Waals surface area contributed by atoms with Crippen LogP contribution in [0, 0.1) is 5.82 Å². The molecule has 1 fully saturated rings. The van der Waals surface area contributed by atoms with Gasteiger partial charge in [0.15, 0.2) is 12.4 Å². The average Bonchev–Trinajstić information content (AvgIpc) is 3.24. The van der Waals surface area contributed by atoms with Gasteiger partial charge in [0.1, 0.15) is 5.82 Å². The SMILES string of the molecule is CCCn1nnnc1COC(=O)C1(c2ccc(F)cc2)CCCC1. The Hall–Kier alpha value is -2.31. The summed E-state index contributed by atoms with van der Waals surface area (Å²) in [4.78, 5) is 12.8. The van der Waals surface area contributed by atoms with E-state index in [0.717, 1.165) is 37.7 Å². The first kappa shape index (κ1) is 16.5. The Balaban J connectivity index is 1.75. The maximum Gasteiger partial charge on any atom is 0.317 e. The van der Waals surface area contributed by atoms with Gasteiger partial charge in [0, 0.05) is 6.54 Å². The van der Waals surface area contributed by atoms with Gasteiger partial charge in [0.05, 0.1) is 5.41 Å². The van der Waals surface area contributed by atoms with Crippen molar-refractivity contribution in [3.05, 3.63) is 41.5 Å². The second kappa shape index (κ2) is 7.07. The molecule has 1 saturated carbocycles. The summed E-state index contributed by atoms with van der Waals surface area (Å²) in [6, 6.07) is 6.15. The Morgan fingerprint density at radius 1 is 1.29 bits per heavy atom. The van der Waals surface area contributed by atoms with Crippen molar-refractivity contribution < 1.29 is 13.9 Å². The fraction of sp³-hybridized carbons (Fsp3) is 0.529. The second-order valence-corrected chi connectivity index (χ2v) is 6.19. The van der Waals surface area contributed by atoms with Crippen molar-refractivity contribution in [2.24, 2.45) is 0 Å². The minimum Gasteiger partial charge on any atom is -0.457 e. The van der Waals surface area contributed by atoms with E-state index in [2.05, 4.69) is 15.5 Å². The smallest absolute Gasteiger partial charge is 0.317 e. The summed E-state index contributed by atoms with van der Waals surface area (Å²) in [5.41, 5.74) is 0.135. The lowest BCUT2D eigenvalue weighted by Gasteiger charge is -2.27. The van der Waals surface area contributed by atoms with Crippen molar-refractivity contribution in [1.82, 2.24) is 20.2 Å². The summed E-state index contributed by atoms with van der Waals surface area (Å²) in [5, 5.41) is 11.4. The summed E-state index contributed by atoms with van der Waals surface area (Å²) in [6.07, 6.45) is 4.25. The fourth-order valence-corrected chi connectivity index (χ4v) is 3.34. The van der Waals surface area contributed by atoms with Gasteiger partial charge in [0.2, 0.25) is 0 Å². The zero-order valence-corrected chi connectivity index (χ0v) is 13.7. The number of nitrogens with zero attached hydrogens (tertiary/aromatic N) is 4. The molecule has 0 saturated heterocycles. The molecule has 128 valence electrons. The van der Waals surface area contributed by atoms with Gasteiger partial charge in [-0.3, -0.25) is 4.79 Å². The highest BCUT2D eigenvalue weighted by Crippen LogP contribution is 2.42. The van der Waals surface area contributed by atoms with Crippen LogP contribution >= 0.6 is 0 Å². The zero-order valence-electron chi connectivity index (χ0n) is 13.7. The Morgan fingerprint density at radius 3 is 2.67 bits per heavy atom. The van der Waals surface area contributed by atoms with Gasteiger partial charge in [-0.05, 0) is 47.4 Å². The molecule has 0 radical (unpaired) electrons. The Bertz CT molecular complexity index is 693. The lowest BCUT2D eigenvalue weighted by Crippen LogP contribution is -2.35. The Morgan fingerprint density at radius 2 is 2.00 bits per heavy atom. The number of esters is 1. The number of aromatic nitrogens is 4. The first-order valence-corrected chi connectivity index (χ1v) is 8.34. The van der Waals surface area contributed by atoms with Crippen LogP contribution in [0.1, 0.15) is 50.4 Å². The van der Waals surface area contributed by atoms with Crippen LogP contribution in [0.15, 0.2) is 24.3 Å². The number of tetrazole rings is 1. The number of rotatable bonds is 6. The molecule has 1 aromatic heterocycles. The van der Waals surface area contributed by atoms with E-state index in [1.807, 2.05) is 6.92 Å². The van der Waals surface area contributed by atoms with E-state index in [9.17, 15) is 9.18 Å². The molecule has 1 aromatic carbocycles. The fourth-order valence-electron chi connectivity index (χ4n) is 3.34. The highest BCUT2D eigenvalue weighted by Gasteiger charge is 2.44. The molecule has 0 atom stereocenters. The maximum atomic E-state index is 13.2. The first-order chi connectivity index (χ1) is 11.7. The van der Waals surface area contributed by atoms with Gasteiger partial charge in [-0.15, -0.1) is 5.10 Å². The molecule has 2 aromatic rings. The van der Waals surface area contributed by atoms with Crippen molar-refractivity contribution in [1.29, 1.82) is 0 Å². The summed E-state index contributed by atoms with van der Waals surface area (Å²) < 4.78 is 20.4. The van der Waals surface area contributed by atoms with Crippen LogP contribution < -0.4 is 0 Å². The molecule has 0 spiro atoms. The Labute approximate surface area is 140 Å². The number of carbonyl (C=O) groups excluding carboxylic acids is 1. The van der Waals surface area contributed by atoms with E-state index in [0.29, 0.717) is 12.4 Å². The monoisotopic (exact) mass is 332 g/mol. The summed E-state index contributed by atoms with van der Waals surface area (Å²) in [7, 11) is 0. The molecule has 0 bridgehead atoms. The molecule has 0 unspecified atom stereocenters. The topological polar surface area (TPSA) is 69.9 Å². The molecule has 1 heterocycles. The third-order valence-corrected chi connectivity index (χ3v) is 4.62. The molecule has 0 aliphatic heterocycles. The summed E-state index contributed by atoms with van der Waals surface area (Å²) in [6.45, 7) is 2.76. The van der Waals surface area contributed by atoms with Gasteiger partial charge in [-0.1, -0.05) is 31.9 Å². The normalized spacial score (nSPS) is 16.2. The van der Waals surface area contributed by atoms with Crippen molar-refractivity contribution in [2.75, 3.05) is 0 Å². The summed E-state index contributed by atoms with van der Waals surface area (Å²) >= 11 is 0. The van der Waals surface area contributed by atoms with Crippen LogP contribution in [0.4, 0.5) is 4.39 Å². The van der Waals surface area contributed by atoms with E-state index in [1.165, 1.54) is 12.1 Å². The number of aryl methyl sites for hydroxylation is 1. The third-order valence-electron chi connectivity index (χ3n) is 4.62. The van der Waals surface area contributed by atoms with Crippen molar-refractivity contribution in [2.45, 2.75) is 57.6 Å². The van der Waals surface area contributed by atoms with Crippen LogP contribution in [0.2, 0.25) is 0 Å². The van der Waals surface area contributed by atoms with Crippen molar-refractivity contribution >= 4 is 5.97 Å². The predicted molar refractivity (Wildman–Crippen MR) is 84.5 cm³/mol. The highest BCUT2D eigenvalue weighted by atomic mass is 19.1. The summed E-state index contributed by atoms with van der Waals surface area (Å²) in [5.74, 6) is -0.0471. The third kappa shape index (κ3) is 3.16. The lowest BCUT2D eigenvalue weighted by atomic mass is 9.79. The molecular formula is C17H21FN4O2. The zero-order chi connectivity index (χ0) is 17.0. The highest BCUT2D eigenvalue weighted by molar-refractivity contribution is 5.83. The minimum absolute atomic E-state index is 0.0504. The quantitative estimate of drug-likeness (QED) is 0.761. The first-order valence-electron chi connectivity index (χ1n) is 8.34. The maximum absolute atomic E-state index is 13.2. The van der Waals surface area contributed by atoms with Crippen molar-refractivity contribution in [3.8, 4) is 0 Å². The molecule has 0 N–H and O–H groups in total. The molecule has 24 heavy (non-hydrogen) atoms. The number of ether oxygens (including phenoxy) is 1. The van der Waals surface area contributed by atoms with E-state index < -0.39 is 5.41 Å². The standard InChI is InChI=1S/C17H21FN4O2/c1-2-11-22-15(19-20-21-22)12-24-16(23)17(9-3-4-10-17)13-5-7-14(18)8-6-13/h5-8H,2-4,9-12H2,1H3. The number of hydrogen-bond donors (Lipinski definition) is 0. The predicted octanol–water partition coefficient (Wildman–Crippen LogP) is 2.78. The molecule has 0 amide bonds. The van der Waals surface area contributed by atoms with Gasteiger partial charge >= 0.3 is 5.97 Å². The molecule has 7 heteroatoms. The number of benzene rings is 1. The minimum atomic E-state index is -0.684. The van der Waals surface area contributed by atoms with Gasteiger partial charge in [-0.2, -0.15) is 0 Å². The van der Waals surface area contributed by atoms with Gasteiger partial charge in [-0.25, -0.2) is 9.07 Å². The second-order valence-electron chi connectivity index (χ2n) is 6.19. The van der Waals surface area contributed by atoms with E-state index in [-0.39, 0.29) is 18.4 Å². The number of carbonyl (C=O) groups is 1. The van der Waals surface area contributed by atoms with Crippen LogP contribution in [-0.2, 0) is 28.1 Å². The average molecular weight is 332 g/mol. The van der Waals surface area contributed by atoms with Crippen LogP contribution in [0.3, 0.4) is 0 Å². The van der Waals surface area contributed by atoms with Gasteiger partial charge < -0.3 is 4.74 Å². The van der Waals surface area contributed by atoms with E-state index >= 15 is 0 Å². The Kier molecular flexibility index (Phi) is 4.87. The van der Waals surface area contributed by atoms with Crippen LogP contribution in [0.25, 0.3) is 0 Å². The molecule has 1 aliphatic rings. The molecular weight excluding hydrogens is 311 g/mol. The van der Waals surface area contributed by atoms with Crippen molar-refractivity contribution in [3.63, 3.8) is 0 Å². The van der Waals surface area contributed by atoms with Gasteiger partial charge in [0.25, 0.3) is 0 Å². The van der Waals surface area contributed by atoms with E-state index in [4.69, 9.17) is 4.74 Å². The molecule has 3 rings (SSSR count). The molecule has 6 nitrogen and oxygen atoms in total. The largest absolute Gasteiger partial charge is 0.457 e. The molecule has 1 aliphatic carbocycles. The number of hydrogen-bond acceptors (Lipinski definition) is 5.